The van der Waals surface area contributed by atoms with Crippen LogP contribution in [0.4, 0.5) is 5.82 Å². The molecule has 1 aromatic rings. The molecule has 1 heterocycles. The number of amides is 1. The molecule has 0 aliphatic heterocycles. The van der Waals surface area contributed by atoms with E-state index in [0.717, 1.165) is 5.56 Å². The minimum Gasteiger partial charge on any atom is -0.367 e. The summed E-state index contributed by atoms with van der Waals surface area (Å²) >= 11 is 0. The first-order chi connectivity index (χ1) is 6.52. The molecule has 0 unspecified atom stereocenters. The van der Waals surface area contributed by atoms with E-state index in [-0.39, 0.29) is 38.6 Å². The van der Waals surface area contributed by atoms with Crippen molar-refractivity contribution in [3.8, 4) is 0 Å². The molecule has 0 spiro atoms. The van der Waals surface area contributed by atoms with Crippen LogP contribution in [0.25, 0.3) is 0 Å². The topological polar surface area (TPSA) is 33.2 Å². The summed E-state index contributed by atoms with van der Waals surface area (Å²) in [7, 11) is 1.70. The number of carbonyl (C=O) groups is 1. The molecular weight excluding hydrogens is 265 g/mol. The molecule has 1 radical (unpaired) electrons. The zero-order valence-corrected chi connectivity index (χ0v) is 12.5. The predicted molar refractivity (Wildman–Crippen MR) is 56.2 cm³/mol. The maximum absolute atomic E-state index is 11.0. The molecule has 0 saturated heterocycles. The summed E-state index contributed by atoms with van der Waals surface area (Å²) in [6.45, 7) is 5.68. The third kappa shape index (κ3) is 4.00. The van der Waals surface area contributed by atoms with Gasteiger partial charge in [0, 0.05) is 52.5 Å². The van der Waals surface area contributed by atoms with Gasteiger partial charge in [-0.25, -0.2) is 0 Å². The molecule has 0 aliphatic rings. The maximum atomic E-state index is 11.0. The summed E-state index contributed by atoms with van der Waals surface area (Å²) < 4.78 is 0. The van der Waals surface area contributed by atoms with Gasteiger partial charge in [0.05, 0.1) is 0 Å². The molecule has 3 nitrogen and oxygen atoms in total. The largest absolute Gasteiger partial charge is 0.367 e. The average molecular weight is 280 g/mol. The molecular formula is C11H15N2OY-. The van der Waals surface area contributed by atoms with Crippen molar-refractivity contribution in [3.63, 3.8) is 0 Å². The minimum absolute atomic E-state index is 0. The van der Waals surface area contributed by atoms with E-state index < -0.39 is 0 Å². The summed E-state index contributed by atoms with van der Waals surface area (Å²) in [5, 5.41) is 0. The molecule has 1 aromatic heterocycles. The minimum atomic E-state index is -0.0248. The fourth-order valence-electron chi connectivity index (χ4n) is 1.02. The molecule has 0 N–H and O–H groups in total. The monoisotopic (exact) mass is 280 g/mol. The van der Waals surface area contributed by atoms with Gasteiger partial charge in [0.25, 0.3) is 0 Å². The maximum Gasteiger partial charge on any atom is 0.213 e. The second-order valence-electron chi connectivity index (χ2n) is 3.59. The molecule has 79 valence electrons. The number of hydrogen-bond donors (Lipinski definition) is 0. The molecule has 0 fully saturated rings. The molecule has 15 heavy (non-hydrogen) atoms. The zero-order chi connectivity index (χ0) is 10.7. The van der Waals surface area contributed by atoms with Crippen molar-refractivity contribution < 1.29 is 37.5 Å². The number of nitrogens with zero attached hydrogens (tertiary/aromatic N) is 2. The quantitative estimate of drug-likeness (QED) is 0.776. The summed E-state index contributed by atoms with van der Waals surface area (Å²) in [6.07, 6.45) is 1.76. The van der Waals surface area contributed by atoms with Gasteiger partial charge in [-0.05, 0) is 5.92 Å². The molecule has 1 rings (SSSR count). The van der Waals surface area contributed by atoms with E-state index in [9.17, 15) is 4.79 Å². The van der Waals surface area contributed by atoms with E-state index in [0.29, 0.717) is 11.7 Å². The second kappa shape index (κ2) is 6.34. The van der Waals surface area contributed by atoms with Crippen molar-refractivity contribution in [2.24, 2.45) is 0 Å². The van der Waals surface area contributed by atoms with E-state index in [2.05, 4.69) is 24.9 Å². The summed E-state index contributed by atoms with van der Waals surface area (Å²) in [5.41, 5.74) is 1.06. The number of carbonyl (C=O) groups excluding carboxylic acids is 1. The van der Waals surface area contributed by atoms with E-state index in [1.807, 2.05) is 0 Å². The first-order valence-corrected chi connectivity index (χ1v) is 4.64. The predicted octanol–water partition coefficient (Wildman–Crippen LogP) is 1.99. The Morgan fingerprint density at radius 1 is 1.53 bits per heavy atom. The van der Waals surface area contributed by atoms with Crippen LogP contribution < -0.4 is 4.90 Å². The van der Waals surface area contributed by atoms with E-state index in [1.54, 1.807) is 19.3 Å². The van der Waals surface area contributed by atoms with Crippen LogP contribution in [0.3, 0.4) is 0 Å². The normalized spacial score (nSPS) is 9.67. The third-order valence-corrected chi connectivity index (χ3v) is 2.14. The summed E-state index contributed by atoms with van der Waals surface area (Å²) in [5.74, 6) is 1.03. The van der Waals surface area contributed by atoms with Gasteiger partial charge in [-0.1, -0.05) is 20.0 Å². The van der Waals surface area contributed by atoms with Crippen molar-refractivity contribution in [3.05, 3.63) is 23.9 Å². The number of aromatic nitrogens is 1. The Morgan fingerprint density at radius 2 is 2.13 bits per heavy atom. The Morgan fingerprint density at radius 3 is 2.47 bits per heavy atom. The standard InChI is InChI=1S/C11H15N2O.Y/c1-8(2)10-5-6-11(12-7-10)13(4)9(3)14;/h6-8H,1-4H3;/q-1;. The molecule has 0 aromatic carbocycles. The summed E-state index contributed by atoms with van der Waals surface area (Å²) in [4.78, 5) is 16.7. The van der Waals surface area contributed by atoms with Gasteiger partial charge in [0.1, 0.15) is 0 Å². The number of pyridine rings is 1. The summed E-state index contributed by atoms with van der Waals surface area (Å²) in [6, 6.07) is 4.86. The van der Waals surface area contributed by atoms with E-state index in [1.165, 1.54) is 11.8 Å². The van der Waals surface area contributed by atoms with Gasteiger partial charge in [0.15, 0.2) is 0 Å². The van der Waals surface area contributed by atoms with Gasteiger partial charge >= 0.3 is 0 Å². The Kier molecular flexibility index (Phi) is 6.22. The van der Waals surface area contributed by atoms with Crippen molar-refractivity contribution in [2.75, 3.05) is 11.9 Å². The Labute approximate surface area is 116 Å². The first kappa shape index (κ1) is 14.7. The van der Waals surface area contributed by atoms with Crippen LogP contribution in [0, 0.1) is 6.07 Å². The van der Waals surface area contributed by atoms with Gasteiger partial charge < -0.3 is 9.88 Å². The van der Waals surface area contributed by atoms with Crippen molar-refractivity contribution in [2.45, 2.75) is 26.7 Å². The van der Waals surface area contributed by atoms with E-state index >= 15 is 0 Å². The smallest absolute Gasteiger partial charge is 0.213 e. The van der Waals surface area contributed by atoms with Gasteiger partial charge in [0.2, 0.25) is 5.91 Å². The molecule has 1 amide bonds. The van der Waals surface area contributed by atoms with Crippen molar-refractivity contribution in [1.82, 2.24) is 4.98 Å². The van der Waals surface area contributed by atoms with Crippen LogP contribution in [-0.4, -0.2) is 17.9 Å². The fraction of sp³-hybridized carbons (Fsp3) is 0.455. The Hall–Kier alpha value is -0.276. The van der Waals surface area contributed by atoms with Crippen LogP contribution in [0.1, 0.15) is 32.3 Å². The second-order valence-corrected chi connectivity index (χ2v) is 3.59. The van der Waals surface area contributed by atoms with Crippen LogP contribution in [-0.2, 0) is 37.5 Å². The van der Waals surface area contributed by atoms with Gasteiger partial charge in [-0.2, -0.15) is 6.07 Å². The third-order valence-electron chi connectivity index (χ3n) is 2.14. The SMILES string of the molecule is CC(=O)N(C)c1c[c-]c(C(C)C)cn1.[Y]. The van der Waals surface area contributed by atoms with Crippen molar-refractivity contribution >= 4 is 11.7 Å². The van der Waals surface area contributed by atoms with Crippen LogP contribution >= 0.6 is 0 Å². The molecule has 4 heteroatoms. The zero-order valence-electron chi connectivity index (χ0n) is 9.61. The average Bonchev–Trinajstić information content (AvgIpc) is 2.16. The molecule has 0 saturated carbocycles. The van der Waals surface area contributed by atoms with Gasteiger partial charge in [-0.3, -0.25) is 4.79 Å². The Balaban J connectivity index is 0.00000196. The van der Waals surface area contributed by atoms with Crippen LogP contribution in [0.5, 0.6) is 0 Å². The van der Waals surface area contributed by atoms with E-state index in [4.69, 9.17) is 0 Å². The number of anilines is 1. The molecule has 0 aliphatic carbocycles. The molecule has 0 bridgehead atoms. The first-order valence-electron chi connectivity index (χ1n) is 4.64. The van der Waals surface area contributed by atoms with Crippen LogP contribution in [0.15, 0.2) is 12.3 Å². The fourth-order valence-corrected chi connectivity index (χ4v) is 1.02. The number of rotatable bonds is 2. The van der Waals surface area contributed by atoms with Gasteiger partial charge in [-0.15, -0.1) is 11.6 Å². The van der Waals surface area contributed by atoms with Crippen LogP contribution in [0.2, 0.25) is 0 Å². The molecule has 0 atom stereocenters. The Bertz CT molecular complexity index is 322. The number of hydrogen-bond acceptors (Lipinski definition) is 2. The van der Waals surface area contributed by atoms with Crippen molar-refractivity contribution in [1.29, 1.82) is 0 Å².